The molecular formula is C20H24N4O3. The van der Waals surface area contributed by atoms with E-state index in [9.17, 15) is 14.9 Å². The second-order valence-corrected chi connectivity index (χ2v) is 6.84. The molecule has 2 aromatic carbocycles. The molecule has 1 fully saturated rings. The Morgan fingerprint density at radius 1 is 1.00 bits per heavy atom. The zero-order valence-electron chi connectivity index (χ0n) is 15.6. The molecule has 0 saturated carbocycles. The summed E-state index contributed by atoms with van der Waals surface area (Å²) in [5.41, 5.74) is 2.06. The number of piperazine rings is 1. The average Bonchev–Trinajstić information content (AvgIpc) is 2.69. The first-order valence-corrected chi connectivity index (χ1v) is 8.97. The molecule has 1 saturated heterocycles. The first kappa shape index (κ1) is 18.8. The highest BCUT2D eigenvalue weighted by atomic mass is 16.6. The molecule has 3 rings (SSSR count). The molecule has 0 unspecified atom stereocenters. The maximum absolute atomic E-state index is 12.8. The third-order valence-corrected chi connectivity index (χ3v) is 4.90. The molecule has 0 N–H and O–H groups in total. The zero-order valence-corrected chi connectivity index (χ0v) is 15.6. The van der Waals surface area contributed by atoms with E-state index in [0.717, 1.165) is 37.4 Å². The van der Waals surface area contributed by atoms with E-state index in [-0.39, 0.29) is 22.6 Å². The minimum absolute atomic E-state index is 0.0741. The highest BCUT2D eigenvalue weighted by Gasteiger charge is 2.31. The molecule has 0 spiro atoms. The number of nitrogens with zero attached hydrogens (tertiary/aromatic N) is 4. The summed E-state index contributed by atoms with van der Waals surface area (Å²) >= 11 is 0. The third kappa shape index (κ3) is 4.25. The lowest BCUT2D eigenvalue weighted by Gasteiger charge is -2.40. The van der Waals surface area contributed by atoms with Gasteiger partial charge in [-0.1, -0.05) is 30.3 Å². The summed E-state index contributed by atoms with van der Waals surface area (Å²) in [7, 11) is 3.57. The van der Waals surface area contributed by atoms with Gasteiger partial charge in [0, 0.05) is 58.1 Å². The van der Waals surface area contributed by atoms with Crippen LogP contribution in [0.15, 0.2) is 54.6 Å². The van der Waals surface area contributed by atoms with E-state index in [1.165, 1.54) is 12.1 Å². The predicted molar refractivity (Wildman–Crippen MR) is 105 cm³/mol. The number of hydrogen-bond acceptors (Lipinski definition) is 5. The number of carbonyl (C=O) groups excluding carboxylic acids is 1. The first-order valence-electron chi connectivity index (χ1n) is 8.97. The van der Waals surface area contributed by atoms with Crippen LogP contribution in [0.1, 0.15) is 11.6 Å². The molecule has 1 atom stereocenters. The highest BCUT2D eigenvalue weighted by Crippen LogP contribution is 2.26. The molecule has 7 nitrogen and oxygen atoms in total. The van der Waals surface area contributed by atoms with Gasteiger partial charge in [0.25, 0.3) is 5.69 Å². The van der Waals surface area contributed by atoms with Crippen molar-refractivity contribution in [2.75, 3.05) is 45.2 Å². The number of nitro benzene ring substituents is 1. The zero-order chi connectivity index (χ0) is 19.4. The van der Waals surface area contributed by atoms with Crippen molar-refractivity contribution < 1.29 is 9.72 Å². The fraction of sp³-hybridized carbons (Fsp3) is 0.350. The van der Waals surface area contributed by atoms with E-state index in [1.54, 1.807) is 31.1 Å². The first-order chi connectivity index (χ1) is 13.0. The van der Waals surface area contributed by atoms with E-state index < -0.39 is 0 Å². The van der Waals surface area contributed by atoms with Gasteiger partial charge >= 0.3 is 0 Å². The van der Waals surface area contributed by atoms with Crippen molar-refractivity contribution in [3.63, 3.8) is 0 Å². The molecule has 1 aliphatic heterocycles. The molecule has 1 aliphatic rings. The summed E-state index contributed by atoms with van der Waals surface area (Å²) in [6, 6.07) is 16.2. The molecule has 0 radical (unpaired) electrons. The van der Waals surface area contributed by atoms with Crippen LogP contribution in [-0.2, 0) is 4.79 Å². The van der Waals surface area contributed by atoms with Crippen molar-refractivity contribution in [2.45, 2.75) is 6.04 Å². The van der Waals surface area contributed by atoms with Crippen molar-refractivity contribution in [1.29, 1.82) is 0 Å². The van der Waals surface area contributed by atoms with Gasteiger partial charge in [0.15, 0.2) is 0 Å². The fourth-order valence-electron chi connectivity index (χ4n) is 3.41. The number of benzene rings is 2. The van der Waals surface area contributed by atoms with Gasteiger partial charge in [-0.2, -0.15) is 0 Å². The molecule has 0 aromatic heterocycles. The smallest absolute Gasteiger partial charge is 0.269 e. The molecule has 0 bridgehead atoms. The molecule has 142 valence electrons. The molecule has 1 amide bonds. The van der Waals surface area contributed by atoms with Gasteiger partial charge < -0.3 is 9.80 Å². The van der Waals surface area contributed by atoms with Crippen LogP contribution in [0, 0.1) is 10.1 Å². The maximum Gasteiger partial charge on any atom is 0.269 e. The lowest BCUT2D eigenvalue weighted by atomic mass is 10.0. The number of anilines is 1. The quantitative estimate of drug-likeness (QED) is 0.599. The largest absolute Gasteiger partial charge is 0.369 e. The van der Waals surface area contributed by atoms with Crippen LogP contribution < -0.4 is 4.90 Å². The van der Waals surface area contributed by atoms with Gasteiger partial charge in [0.1, 0.15) is 6.04 Å². The van der Waals surface area contributed by atoms with E-state index in [4.69, 9.17) is 0 Å². The lowest BCUT2D eigenvalue weighted by molar-refractivity contribution is -0.384. The number of likely N-dealkylation sites (N-methyl/N-ethyl adjacent to an activating group) is 1. The van der Waals surface area contributed by atoms with Crippen molar-refractivity contribution in [2.24, 2.45) is 0 Å². The second kappa shape index (κ2) is 8.18. The number of non-ortho nitro benzene ring substituents is 1. The Kier molecular flexibility index (Phi) is 5.71. The molecule has 0 aliphatic carbocycles. The van der Waals surface area contributed by atoms with E-state index in [2.05, 4.69) is 9.80 Å². The lowest BCUT2D eigenvalue weighted by Crippen LogP contribution is -2.51. The van der Waals surface area contributed by atoms with Gasteiger partial charge in [-0.05, 0) is 17.7 Å². The van der Waals surface area contributed by atoms with Crippen molar-refractivity contribution in [3.05, 3.63) is 70.3 Å². The van der Waals surface area contributed by atoms with E-state index >= 15 is 0 Å². The minimum Gasteiger partial charge on any atom is -0.369 e. The van der Waals surface area contributed by atoms with Crippen molar-refractivity contribution >= 4 is 17.3 Å². The Balaban J connectivity index is 1.72. The van der Waals surface area contributed by atoms with Crippen LogP contribution in [0.25, 0.3) is 0 Å². The van der Waals surface area contributed by atoms with Crippen LogP contribution in [0.3, 0.4) is 0 Å². The summed E-state index contributed by atoms with van der Waals surface area (Å²) in [6.07, 6.45) is 0. The summed E-state index contributed by atoms with van der Waals surface area (Å²) in [6.45, 7) is 3.02. The number of rotatable bonds is 5. The standard InChI is InChI=1S/C20H24N4O3/c1-21(2)20(25)19(16-6-4-3-5-7-16)23-14-12-22(13-15-23)17-8-10-18(11-9-17)24(26)27/h3-11,19H,12-15H2,1-2H3/t19-/m1/s1. The topological polar surface area (TPSA) is 69.9 Å². The Morgan fingerprint density at radius 2 is 1.59 bits per heavy atom. The predicted octanol–water partition coefficient (Wildman–Crippen LogP) is 2.55. The summed E-state index contributed by atoms with van der Waals surface area (Å²) in [5.74, 6) is 0.0741. The Hall–Kier alpha value is -2.93. The molecule has 27 heavy (non-hydrogen) atoms. The van der Waals surface area contributed by atoms with Crippen LogP contribution >= 0.6 is 0 Å². The van der Waals surface area contributed by atoms with Gasteiger partial charge in [0.2, 0.25) is 5.91 Å². The molecule has 1 heterocycles. The van der Waals surface area contributed by atoms with Crippen molar-refractivity contribution in [1.82, 2.24) is 9.80 Å². The Bertz CT molecular complexity index is 785. The average molecular weight is 368 g/mol. The Labute approximate surface area is 158 Å². The van der Waals surface area contributed by atoms with Gasteiger partial charge in [-0.3, -0.25) is 19.8 Å². The number of carbonyl (C=O) groups is 1. The van der Waals surface area contributed by atoms with Crippen LogP contribution in [0.5, 0.6) is 0 Å². The fourth-order valence-corrected chi connectivity index (χ4v) is 3.41. The molecule has 2 aromatic rings. The van der Waals surface area contributed by atoms with Gasteiger partial charge in [-0.25, -0.2) is 0 Å². The summed E-state index contributed by atoms with van der Waals surface area (Å²) in [4.78, 5) is 29.3. The van der Waals surface area contributed by atoms with Gasteiger partial charge in [-0.15, -0.1) is 0 Å². The van der Waals surface area contributed by atoms with E-state index in [1.807, 2.05) is 30.3 Å². The van der Waals surface area contributed by atoms with Crippen molar-refractivity contribution in [3.8, 4) is 0 Å². The van der Waals surface area contributed by atoms with Crippen LogP contribution in [0.2, 0.25) is 0 Å². The number of hydrogen-bond donors (Lipinski definition) is 0. The maximum atomic E-state index is 12.8. The monoisotopic (exact) mass is 368 g/mol. The number of amides is 1. The molecule has 7 heteroatoms. The Morgan fingerprint density at radius 3 is 2.11 bits per heavy atom. The van der Waals surface area contributed by atoms with Gasteiger partial charge in [0.05, 0.1) is 4.92 Å². The van der Waals surface area contributed by atoms with E-state index in [0.29, 0.717) is 0 Å². The summed E-state index contributed by atoms with van der Waals surface area (Å²) in [5, 5.41) is 10.8. The normalized spacial score (nSPS) is 16.0. The second-order valence-electron chi connectivity index (χ2n) is 6.84. The minimum atomic E-state index is -0.390. The van der Waals surface area contributed by atoms with Crippen LogP contribution in [-0.4, -0.2) is 60.9 Å². The number of nitro groups is 1. The SMILES string of the molecule is CN(C)C(=O)[C@@H](c1ccccc1)N1CCN(c2ccc([N+](=O)[O-])cc2)CC1. The van der Waals surface area contributed by atoms with Crippen LogP contribution in [0.4, 0.5) is 11.4 Å². The highest BCUT2D eigenvalue weighted by molar-refractivity contribution is 5.83. The summed E-state index contributed by atoms with van der Waals surface area (Å²) < 4.78 is 0. The third-order valence-electron chi connectivity index (χ3n) is 4.90. The molecular weight excluding hydrogens is 344 g/mol.